The summed E-state index contributed by atoms with van der Waals surface area (Å²) in [6.07, 6.45) is 0. The summed E-state index contributed by atoms with van der Waals surface area (Å²) in [5.74, 6) is -0.689. The highest BCUT2D eigenvalue weighted by Gasteiger charge is 2.29. The smallest absolute Gasteiger partial charge is 0.328 e. The van der Waals surface area contributed by atoms with E-state index in [1.54, 1.807) is 46.1 Å². The van der Waals surface area contributed by atoms with Crippen molar-refractivity contribution in [3.8, 4) is 0 Å². The van der Waals surface area contributed by atoms with E-state index in [0.29, 0.717) is 16.1 Å². The van der Waals surface area contributed by atoms with Crippen LogP contribution < -0.4 is 9.99 Å². The summed E-state index contributed by atoms with van der Waals surface area (Å²) in [7, 11) is -0.982. The molecule has 0 aliphatic rings. The number of anilines is 1. The van der Waals surface area contributed by atoms with Gasteiger partial charge >= 0.3 is 11.7 Å². The van der Waals surface area contributed by atoms with Crippen molar-refractivity contribution in [2.45, 2.75) is 18.7 Å². The van der Waals surface area contributed by atoms with Gasteiger partial charge in [0.05, 0.1) is 28.2 Å². The molecule has 2 aromatic carbocycles. The number of fused-ring (bicyclic) bond motifs is 1. The van der Waals surface area contributed by atoms with Gasteiger partial charge in [0.2, 0.25) is 0 Å². The molecule has 0 amide bonds. The molecule has 0 bridgehead atoms. The van der Waals surface area contributed by atoms with Crippen LogP contribution in [0.2, 0.25) is 5.02 Å². The number of hydrogen-bond acceptors (Lipinski definition) is 5. The van der Waals surface area contributed by atoms with E-state index >= 15 is 0 Å². The number of aryl methyl sites for hydroxylation is 3. The third kappa shape index (κ3) is 3.82. The van der Waals surface area contributed by atoms with Crippen LogP contribution in [0.5, 0.6) is 0 Å². The van der Waals surface area contributed by atoms with Gasteiger partial charge in [-0.2, -0.15) is 0 Å². The van der Waals surface area contributed by atoms with Crippen LogP contribution in [0.3, 0.4) is 0 Å². The number of ether oxygens (including phenoxy) is 1. The molecule has 0 saturated heterocycles. The van der Waals surface area contributed by atoms with E-state index in [0.717, 1.165) is 9.87 Å². The number of esters is 1. The van der Waals surface area contributed by atoms with Gasteiger partial charge in [-0.3, -0.25) is 18.2 Å². The fourth-order valence-electron chi connectivity index (χ4n) is 3.15. The average Bonchev–Trinajstić information content (AvgIpc) is 2.92. The molecule has 0 aliphatic heterocycles. The normalized spacial score (nSPS) is 11.6. The molecule has 3 aromatic rings. The summed E-state index contributed by atoms with van der Waals surface area (Å²) >= 11 is 6.19. The van der Waals surface area contributed by atoms with Crippen LogP contribution in [-0.4, -0.2) is 36.7 Å². The maximum absolute atomic E-state index is 13.5. The van der Waals surface area contributed by atoms with E-state index in [9.17, 15) is 18.0 Å². The van der Waals surface area contributed by atoms with Crippen molar-refractivity contribution in [3.05, 3.63) is 57.5 Å². The summed E-state index contributed by atoms with van der Waals surface area (Å²) in [5, 5.41) is 0.373. The van der Waals surface area contributed by atoms with E-state index in [2.05, 4.69) is 0 Å². The molecule has 30 heavy (non-hydrogen) atoms. The van der Waals surface area contributed by atoms with Gasteiger partial charge in [0.1, 0.15) is 6.54 Å². The van der Waals surface area contributed by atoms with Gasteiger partial charge in [0.25, 0.3) is 10.0 Å². The highest BCUT2D eigenvalue weighted by molar-refractivity contribution is 7.92. The maximum atomic E-state index is 13.5. The summed E-state index contributed by atoms with van der Waals surface area (Å²) < 4.78 is 35.7. The summed E-state index contributed by atoms with van der Waals surface area (Å²) in [5.41, 5.74) is 1.79. The average molecular weight is 452 g/mol. The molecule has 10 heteroatoms. The number of carbonyl (C=O) groups excluding carboxylic acids is 1. The monoisotopic (exact) mass is 451 g/mol. The molecule has 3 rings (SSSR count). The van der Waals surface area contributed by atoms with Crippen LogP contribution in [0.4, 0.5) is 5.69 Å². The third-order valence-electron chi connectivity index (χ3n) is 4.85. The molecule has 0 fully saturated rings. The van der Waals surface area contributed by atoms with Gasteiger partial charge in [-0.25, -0.2) is 13.2 Å². The fourth-order valence-corrected chi connectivity index (χ4v) is 4.75. The Morgan fingerprint density at radius 2 is 1.77 bits per heavy atom. The molecule has 0 saturated carbocycles. The number of halogens is 1. The Hall–Kier alpha value is -2.78. The number of carbonyl (C=O) groups is 1. The lowest BCUT2D eigenvalue weighted by Gasteiger charge is -2.24. The van der Waals surface area contributed by atoms with Crippen molar-refractivity contribution in [1.82, 2.24) is 9.13 Å². The van der Waals surface area contributed by atoms with E-state index in [-0.39, 0.29) is 22.9 Å². The Morgan fingerprint density at radius 3 is 2.40 bits per heavy atom. The zero-order chi connectivity index (χ0) is 22.2. The van der Waals surface area contributed by atoms with Crippen molar-refractivity contribution in [1.29, 1.82) is 0 Å². The van der Waals surface area contributed by atoms with Crippen molar-refractivity contribution in [3.63, 3.8) is 0 Å². The standard InChI is InChI=1S/C20H22ClN3O5S/c1-5-29-19(25)12-24(14-7-6-13(2)16(21)10-14)30(27,28)15-8-9-17-18(11-15)23(4)20(26)22(17)3/h6-11H,5,12H2,1-4H3. The Labute approximate surface area is 179 Å². The molecule has 0 atom stereocenters. The van der Waals surface area contributed by atoms with Crippen LogP contribution in [0.1, 0.15) is 12.5 Å². The minimum absolute atomic E-state index is 0.0582. The quantitative estimate of drug-likeness (QED) is 0.537. The molecular weight excluding hydrogens is 430 g/mol. The molecule has 1 aromatic heterocycles. The topological polar surface area (TPSA) is 90.6 Å². The lowest BCUT2D eigenvalue weighted by atomic mass is 10.2. The van der Waals surface area contributed by atoms with Crippen molar-refractivity contribution < 1.29 is 17.9 Å². The minimum Gasteiger partial charge on any atom is -0.465 e. The second kappa shape index (κ2) is 8.16. The van der Waals surface area contributed by atoms with Crippen LogP contribution in [-0.2, 0) is 33.7 Å². The first-order valence-corrected chi connectivity index (χ1v) is 11.0. The fraction of sp³-hybridized carbons (Fsp3) is 0.300. The maximum Gasteiger partial charge on any atom is 0.328 e. The van der Waals surface area contributed by atoms with E-state index in [4.69, 9.17) is 16.3 Å². The minimum atomic E-state index is -4.16. The Kier molecular flexibility index (Phi) is 5.96. The predicted octanol–water partition coefficient (Wildman–Crippen LogP) is 2.60. The second-order valence-electron chi connectivity index (χ2n) is 6.80. The van der Waals surface area contributed by atoms with E-state index < -0.39 is 22.5 Å². The second-order valence-corrected chi connectivity index (χ2v) is 9.07. The predicted molar refractivity (Wildman–Crippen MR) is 116 cm³/mol. The van der Waals surface area contributed by atoms with Gasteiger partial charge in [-0.1, -0.05) is 17.7 Å². The van der Waals surface area contributed by atoms with Gasteiger partial charge in [0, 0.05) is 19.1 Å². The van der Waals surface area contributed by atoms with Gasteiger partial charge < -0.3 is 4.74 Å². The van der Waals surface area contributed by atoms with Crippen molar-refractivity contribution in [2.75, 3.05) is 17.5 Å². The number of hydrogen-bond donors (Lipinski definition) is 0. The van der Waals surface area contributed by atoms with Gasteiger partial charge in [0.15, 0.2) is 0 Å². The lowest BCUT2D eigenvalue weighted by Crippen LogP contribution is -2.36. The molecule has 0 N–H and O–H groups in total. The van der Waals surface area contributed by atoms with Crippen molar-refractivity contribution in [2.24, 2.45) is 14.1 Å². The molecule has 1 heterocycles. The summed E-state index contributed by atoms with van der Waals surface area (Å²) in [4.78, 5) is 24.3. The number of sulfonamides is 1. The highest BCUT2D eigenvalue weighted by atomic mass is 35.5. The molecule has 0 radical (unpaired) electrons. The number of aromatic nitrogens is 2. The molecule has 0 spiro atoms. The number of nitrogens with zero attached hydrogens (tertiary/aromatic N) is 3. The third-order valence-corrected chi connectivity index (χ3v) is 7.03. The summed E-state index contributed by atoms with van der Waals surface area (Å²) in [6.45, 7) is 3.05. The van der Waals surface area contributed by atoms with Crippen molar-refractivity contribution >= 4 is 44.3 Å². The van der Waals surface area contributed by atoms with E-state index in [1.807, 2.05) is 0 Å². The molecular formula is C20H22ClN3O5S. The molecule has 160 valence electrons. The Bertz CT molecular complexity index is 1290. The number of benzene rings is 2. The van der Waals surface area contributed by atoms with Crippen LogP contribution in [0.25, 0.3) is 11.0 Å². The first-order valence-electron chi connectivity index (χ1n) is 9.18. The zero-order valence-electron chi connectivity index (χ0n) is 17.0. The summed E-state index contributed by atoms with van der Waals surface area (Å²) in [6, 6.07) is 9.13. The molecule has 8 nitrogen and oxygen atoms in total. The first-order chi connectivity index (χ1) is 14.1. The number of imidazole rings is 1. The van der Waals surface area contributed by atoms with Gasteiger partial charge in [-0.15, -0.1) is 0 Å². The van der Waals surface area contributed by atoms with E-state index in [1.165, 1.54) is 27.3 Å². The number of rotatable bonds is 6. The van der Waals surface area contributed by atoms with Crippen LogP contribution >= 0.6 is 11.6 Å². The molecule has 0 aliphatic carbocycles. The van der Waals surface area contributed by atoms with Crippen LogP contribution in [0.15, 0.2) is 46.1 Å². The van der Waals surface area contributed by atoms with Gasteiger partial charge in [-0.05, 0) is 49.7 Å². The lowest BCUT2D eigenvalue weighted by molar-refractivity contribution is -0.141. The zero-order valence-corrected chi connectivity index (χ0v) is 18.6. The first kappa shape index (κ1) is 21.9. The Balaban J connectivity index is 2.16. The SMILES string of the molecule is CCOC(=O)CN(c1ccc(C)c(Cl)c1)S(=O)(=O)c1ccc2c(c1)n(C)c(=O)n2C. The largest absolute Gasteiger partial charge is 0.465 e. The Morgan fingerprint density at radius 1 is 1.10 bits per heavy atom. The molecule has 0 unspecified atom stereocenters. The van der Waals surface area contributed by atoms with Crippen LogP contribution in [0, 0.1) is 6.92 Å². The highest BCUT2D eigenvalue weighted by Crippen LogP contribution is 2.29.